The molecule has 2 aromatic carbocycles. The van der Waals surface area contributed by atoms with E-state index in [4.69, 9.17) is 0 Å². The molecular weight excluding hydrogens is 341 g/mol. The molecule has 8 nitrogen and oxygen atoms in total. The minimum absolute atomic E-state index is 0.134. The Kier molecular flexibility index (Phi) is 4.70. The Morgan fingerprint density at radius 1 is 1.27 bits per heavy atom. The number of halogens is 1. The second-order valence-electron chi connectivity index (χ2n) is 5.55. The summed E-state index contributed by atoms with van der Waals surface area (Å²) in [6.45, 7) is 1.74. The Balaban J connectivity index is 1.84. The van der Waals surface area contributed by atoms with Gasteiger partial charge in [-0.05, 0) is 36.8 Å². The van der Waals surface area contributed by atoms with Gasteiger partial charge < -0.3 is 5.32 Å². The maximum atomic E-state index is 13.0. The van der Waals surface area contributed by atoms with Crippen LogP contribution in [-0.2, 0) is 0 Å². The van der Waals surface area contributed by atoms with Crippen LogP contribution in [0, 0.1) is 15.9 Å². The Bertz CT molecular complexity index is 942. The van der Waals surface area contributed by atoms with Crippen LogP contribution in [0.15, 0.2) is 55.1 Å². The van der Waals surface area contributed by atoms with Crippen molar-refractivity contribution in [1.29, 1.82) is 0 Å². The third-order valence-electron chi connectivity index (χ3n) is 3.82. The molecule has 1 unspecified atom stereocenters. The average molecular weight is 355 g/mol. The number of nitro benzene ring substituents is 1. The second-order valence-corrected chi connectivity index (χ2v) is 5.55. The smallest absolute Gasteiger partial charge is 0.295 e. The highest BCUT2D eigenvalue weighted by atomic mass is 19.1. The molecule has 3 aromatic rings. The maximum absolute atomic E-state index is 13.0. The number of nitrogens with zero attached hydrogens (tertiary/aromatic N) is 4. The van der Waals surface area contributed by atoms with E-state index in [0.717, 1.165) is 0 Å². The Morgan fingerprint density at radius 3 is 2.62 bits per heavy atom. The highest BCUT2D eigenvalue weighted by molar-refractivity contribution is 5.95. The average Bonchev–Trinajstić information content (AvgIpc) is 3.16. The summed E-state index contributed by atoms with van der Waals surface area (Å²) >= 11 is 0. The Labute approximate surface area is 147 Å². The van der Waals surface area contributed by atoms with Gasteiger partial charge in [-0.3, -0.25) is 14.9 Å². The number of rotatable bonds is 5. The summed E-state index contributed by atoms with van der Waals surface area (Å²) in [6.07, 6.45) is 2.59. The Morgan fingerprint density at radius 2 is 2.00 bits per heavy atom. The van der Waals surface area contributed by atoms with E-state index < -0.39 is 16.9 Å². The van der Waals surface area contributed by atoms with Crippen molar-refractivity contribution in [2.45, 2.75) is 13.0 Å². The lowest BCUT2D eigenvalue weighted by Crippen LogP contribution is -2.26. The predicted molar refractivity (Wildman–Crippen MR) is 90.3 cm³/mol. The summed E-state index contributed by atoms with van der Waals surface area (Å²) in [7, 11) is 0. The molecule has 1 aromatic heterocycles. The fraction of sp³-hybridized carbons (Fsp3) is 0.118. The summed E-state index contributed by atoms with van der Waals surface area (Å²) in [5.74, 6) is -0.846. The van der Waals surface area contributed by atoms with Crippen molar-refractivity contribution in [1.82, 2.24) is 20.1 Å². The predicted octanol–water partition coefficient (Wildman–Crippen LogP) is 2.81. The molecule has 26 heavy (non-hydrogen) atoms. The lowest BCUT2D eigenvalue weighted by Gasteiger charge is -2.14. The molecule has 3 rings (SSSR count). The number of hydrogen-bond donors (Lipinski definition) is 1. The third-order valence-corrected chi connectivity index (χ3v) is 3.82. The van der Waals surface area contributed by atoms with Gasteiger partial charge in [0.05, 0.1) is 11.0 Å². The zero-order valence-electron chi connectivity index (χ0n) is 13.7. The molecule has 1 amide bonds. The van der Waals surface area contributed by atoms with Gasteiger partial charge in [-0.15, -0.1) is 0 Å². The number of carbonyl (C=O) groups excluding carboxylic acids is 1. The van der Waals surface area contributed by atoms with Crippen molar-refractivity contribution in [2.75, 3.05) is 0 Å². The van der Waals surface area contributed by atoms with E-state index in [-0.39, 0.29) is 22.8 Å². The number of nitrogens with one attached hydrogen (secondary N) is 1. The van der Waals surface area contributed by atoms with Crippen molar-refractivity contribution >= 4 is 11.6 Å². The largest absolute Gasteiger partial charge is 0.346 e. The molecule has 0 spiro atoms. The summed E-state index contributed by atoms with van der Waals surface area (Å²) in [5, 5.41) is 17.9. The van der Waals surface area contributed by atoms with Crippen LogP contribution in [0.3, 0.4) is 0 Å². The fourth-order valence-corrected chi connectivity index (χ4v) is 2.45. The van der Waals surface area contributed by atoms with E-state index in [0.29, 0.717) is 5.56 Å². The standard InChI is InChI=1S/C17H14FN5O3/c1-11(12-2-5-14(18)6-3-12)21-17(24)13-4-7-15(16(8-13)23(25)26)22-10-19-9-20-22/h2-11H,1H3,(H,21,24). The summed E-state index contributed by atoms with van der Waals surface area (Å²) in [5.41, 5.74) is 0.788. The quantitative estimate of drug-likeness (QED) is 0.560. The van der Waals surface area contributed by atoms with Crippen LogP contribution in [0.4, 0.5) is 10.1 Å². The van der Waals surface area contributed by atoms with Gasteiger partial charge in [-0.1, -0.05) is 12.1 Å². The van der Waals surface area contributed by atoms with Gasteiger partial charge in [0, 0.05) is 11.6 Å². The molecule has 0 radical (unpaired) electrons. The van der Waals surface area contributed by atoms with E-state index in [1.807, 2.05) is 0 Å². The molecule has 0 bridgehead atoms. The molecule has 132 valence electrons. The number of nitro groups is 1. The van der Waals surface area contributed by atoms with Gasteiger partial charge in [0.1, 0.15) is 24.2 Å². The zero-order chi connectivity index (χ0) is 18.7. The van der Waals surface area contributed by atoms with E-state index in [1.165, 1.54) is 47.7 Å². The van der Waals surface area contributed by atoms with Gasteiger partial charge in [0.15, 0.2) is 0 Å². The molecule has 0 aliphatic rings. The summed E-state index contributed by atoms with van der Waals surface area (Å²) in [4.78, 5) is 26.9. The lowest BCUT2D eigenvalue weighted by atomic mass is 10.1. The molecule has 1 heterocycles. The van der Waals surface area contributed by atoms with Crippen LogP contribution in [0.5, 0.6) is 0 Å². The van der Waals surface area contributed by atoms with Crippen LogP contribution < -0.4 is 5.32 Å². The number of benzene rings is 2. The maximum Gasteiger partial charge on any atom is 0.295 e. The number of aromatic nitrogens is 3. The molecule has 0 saturated carbocycles. The van der Waals surface area contributed by atoms with E-state index in [9.17, 15) is 19.3 Å². The molecule has 1 N–H and O–H groups in total. The lowest BCUT2D eigenvalue weighted by molar-refractivity contribution is -0.384. The van der Waals surface area contributed by atoms with Crippen LogP contribution in [0.2, 0.25) is 0 Å². The number of amides is 1. The van der Waals surface area contributed by atoms with E-state index in [2.05, 4.69) is 15.4 Å². The van der Waals surface area contributed by atoms with Gasteiger partial charge in [0.2, 0.25) is 0 Å². The van der Waals surface area contributed by atoms with Gasteiger partial charge >= 0.3 is 0 Å². The molecule has 1 atom stereocenters. The molecule has 0 saturated heterocycles. The molecular formula is C17H14FN5O3. The van der Waals surface area contributed by atoms with Crippen LogP contribution in [0.1, 0.15) is 28.9 Å². The van der Waals surface area contributed by atoms with Crippen molar-refractivity contribution in [3.05, 3.63) is 82.2 Å². The fourth-order valence-electron chi connectivity index (χ4n) is 2.45. The number of carbonyl (C=O) groups is 1. The molecule has 0 fully saturated rings. The van der Waals surface area contributed by atoms with Gasteiger partial charge in [-0.2, -0.15) is 5.10 Å². The van der Waals surface area contributed by atoms with Gasteiger partial charge in [-0.25, -0.2) is 14.1 Å². The monoisotopic (exact) mass is 355 g/mol. The minimum atomic E-state index is -0.586. The number of hydrogen-bond acceptors (Lipinski definition) is 5. The van der Waals surface area contributed by atoms with Crippen molar-refractivity contribution in [2.24, 2.45) is 0 Å². The highest BCUT2D eigenvalue weighted by Gasteiger charge is 2.20. The van der Waals surface area contributed by atoms with E-state index >= 15 is 0 Å². The van der Waals surface area contributed by atoms with Gasteiger partial charge in [0.25, 0.3) is 11.6 Å². The van der Waals surface area contributed by atoms with Crippen LogP contribution >= 0.6 is 0 Å². The minimum Gasteiger partial charge on any atom is -0.346 e. The first-order valence-corrected chi connectivity index (χ1v) is 7.65. The first kappa shape index (κ1) is 17.2. The SMILES string of the molecule is CC(NC(=O)c1ccc(-n2cncn2)c([N+](=O)[O-])c1)c1ccc(F)cc1. The molecule has 0 aliphatic heterocycles. The molecule has 0 aliphatic carbocycles. The topological polar surface area (TPSA) is 103 Å². The first-order chi connectivity index (χ1) is 12.5. The highest BCUT2D eigenvalue weighted by Crippen LogP contribution is 2.24. The molecule has 9 heteroatoms. The second kappa shape index (κ2) is 7.09. The van der Waals surface area contributed by atoms with Crippen molar-refractivity contribution < 1.29 is 14.1 Å². The summed E-state index contributed by atoms with van der Waals surface area (Å²) < 4.78 is 14.2. The Hall–Kier alpha value is -3.62. The van der Waals surface area contributed by atoms with Crippen LogP contribution in [-0.4, -0.2) is 25.6 Å². The van der Waals surface area contributed by atoms with E-state index in [1.54, 1.807) is 19.1 Å². The zero-order valence-corrected chi connectivity index (χ0v) is 13.7. The van der Waals surface area contributed by atoms with Crippen molar-refractivity contribution in [3.63, 3.8) is 0 Å². The first-order valence-electron chi connectivity index (χ1n) is 7.65. The van der Waals surface area contributed by atoms with Crippen LogP contribution in [0.25, 0.3) is 5.69 Å². The normalized spacial score (nSPS) is 11.8. The summed E-state index contributed by atoms with van der Waals surface area (Å²) in [6, 6.07) is 9.43. The third kappa shape index (κ3) is 3.56. The van der Waals surface area contributed by atoms with Crippen molar-refractivity contribution in [3.8, 4) is 5.69 Å².